The van der Waals surface area contributed by atoms with Crippen molar-refractivity contribution in [3.05, 3.63) is 50.6 Å². The third-order valence-corrected chi connectivity index (χ3v) is 5.58. The monoisotopic (exact) mass is 341 g/mol. The minimum Gasteiger partial charge on any atom is -0.350 e. The molecule has 2 heterocycles. The first-order chi connectivity index (χ1) is 11.4. The Balaban J connectivity index is 1.84. The molecular formula is C19H23N3OS. The maximum Gasteiger partial charge on any atom is 0.270 e. The molecular weight excluding hydrogens is 318 g/mol. The average Bonchev–Trinajstić information content (AvgIpc) is 3.09. The molecule has 2 aromatic heterocycles. The molecule has 4 nitrogen and oxygen atoms in total. The smallest absolute Gasteiger partial charge is 0.270 e. The van der Waals surface area contributed by atoms with Crippen molar-refractivity contribution < 1.29 is 4.79 Å². The van der Waals surface area contributed by atoms with Crippen LogP contribution in [-0.4, -0.2) is 34.4 Å². The number of carbonyl (C=O) groups excluding carboxylic acids is 1. The molecule has 126 valence electrons. The Morgan fingerprint density at radius 3 is 2.67 bits per heavy atom. The quantitative estimate of drug-likeness (QED) is 0.774. The van der Waals surface area contributed by atoms with Crippen molar-refractivity contribution in [2.75, 3.05) is 13.6 Å². The molecule has 1 amide bonds. The van der Waals surface area contributed by atoms with Crippen molar-refractivity contribution in [2.24, 2.45) is 0 Å². The van der Waals surface area contributed by atoms with Gasteiger partial charge in [0, 0.05) is 35.8 Å². The number of hydrogen-bond acceptors (Lipinski definition) is 3. The lowest BCUT2D eigenvalue weighted by atomic mass is 10.1. The first kappa shape index (κ1) is 16.7. The highest BCUT2D eigenvalue weighted by molar-refractivity contribution is 7.09. The van der Waals surface area contributed by atoms with Crippen LogP contribution in [0.3, 0.4) is 0 Å². The molecule has 5 heteroatoms. The van der Waals surface area contributed by atoms with Gasteiger partial charge in [-0.15, -0.1) is 11.3 Å². The molecule has 3 aromatic rings. The van der Waals surface area contributed by atoms with E-state index in [1.165, 1.54) is 16.0 Å². The Bertz CT molecular complexity index is 907. The maximum absolute atomic E-state index is 12.9. The predicted octanol–water partition coefficient (Wildman–Crippen LogP) is 4.17. The van der Waals surface area contributed by atoms with E-state index in [-0.39, 0.29) is 5.91 Å². The standard InChI is InChI=1S/C19H23N3OS/c1-11-8-12(2)17-15(9-11)13(3)18(21-17)19(23)22(5)7-6-16-14(4)20-10-24-16/h8-10,21H,6-7H2,1-5H3. The van der Waals surface area contributed by atoms with Crippen LogP contribution in [0, 0.1) is 27.7 Å². The molecule has 0 radical (unpaired) electrons. The topological polar surface area (TPSA) is 49.0 Å². The van der Waals surface area contributed by atoms with Crippen molar-refractivity contribution in [1.29, 1.82) is 0 Å². The van der Waals surface area contributed by atoms with Gasteiger partial charge in [0.25, 0.3) is 5.91 Å². The fraction of sp³-hybridized carbons (Fsp3) is 0.368. The lowest BCUT2D eigenvalue weighted by molar-refractivity contribution is 0.0791. The number of hydrogen-bond donors (Lipinski definition) is 1. The van der Waals surface area contributed by atoms with Gasteiger partial charge >= 0.3 is 0 Å². The second-order valence-electron chi connectivity index (χ2n) is 6.47. The van der Waals surface area contributed by atoms with Gasteiger partial charge in [-0.25, -0.2) is 4.98 Å². The number of carbonyl (C=O) groups is 1. The molecule has 0 aliphatic heterocycles. The zero-order valence-corrected chi connectivity index (χ0v) is 15.7. The summed E-state index contributed by atoms with van der Waals surface area (Å²) in [5.41, 5.74) is 8.11. The molecule has 0 aliphatic rings. The van der Waals surface area contributed by atoms with Crippen LogP contribution in [0.2, 0.25) is 0 Å². The minimum atomic E-state index is 0.0444. The Kier molecular flexibility index (Phi) is 4.45. The SMILES string of the molecule is Cc1cc(C)c2[nH]c(C(=O)N(C)CCc3scnc3C)c(C)c2c1. The van der Waals surface area contributed by atoms with E-state index in [2.05, 4.69) is 35.9 Å². The van der Waals surface area contributed by atoms with Gasteiger partial charge in [-0.2, -0.15) is 0 Å². The summed E-state index contributed by atoms with van der Waals surface area (Å²) in [5, 5.41) is 1.14. The fourth-order valence-electron chi connectivity index (χ4n) is 3.12. The van der Waals surface area contributed by atoms with Crippen molar-refractivity contribution in [3.8, 4) is 0 Å². The molecule has 0 atom stereocenters. The van der Waals surface area contributed by atoms with Crippen LogP contribution in [0.15, 0.2) is 17.6 Å². The zero-order chi connectivity index (χ0) is 17.4. The highest BCUT2D eigenvalue weighted by atomic mass is 32.1. The van der Waals surface area contributed by atoms with Crippen LogP contribution in [0.4, 0.5) is 0 Å². The number of H-pyrrole nitrogens is 1. The minimum absolute atomic E-state index is 0.0444. The summed E-state index contributed by atoms with van der Waals surface area (Å²) in [6.07, 6.45) is 0.843. The van der Waals surface area contributed by atoms with Crippen LogP contribution < -0.4 is 0 Å². The number of aromatic nitrogens is 2. The van der Waals surface area contributed by atoms with E-state index in [0.717, 1.165) is 28.6 Å². The molecule has 0 bridgehead atoms. The lowest BCUT2D eigenvalue weighted by Gasteiger charge is -2.16. The van der Waals surface area contributed by atoms with Crippen molar-refractivity contribution in [1.82, 2.24) is 14.9 Å². The maximum atomic E-state index is 12.9. The first-order valence-electron chi connectivity index (χ1n) is 8.12. The Hall–Kier alpha value is -2.14. The van der Waals surface area contributed by atoms with Crippen LogP contribution >= 0.6 is 11.3 Å². The predicted molar refractivity (Wildman–Crippen MR) is 100 cm³/mol. The molecule has 0 fully saturated rings. The molecule has 24 heavy (non-hydrogen) atoms. The highest BCUT2D eigenvalue weighted by Gasteiger charge is 2.19. The van der Waals surface area contributed by atoms with E-state index in [4.69, 9.17) is 0 Å². The second kappa shape index (κ2) is 6.40. The summed E-state index contributed by atoms with van der Waals surface area (Å²) in [6, 6.07) is 4.29. The second-order valence-corrected chi connectivity index (χ2v) is 7.41. The van der Waals surface area contributed by atoms with Crippen LogP contribution in [0.25, 0.3) is 10.9 Å². The molecule has 1 aromatic carbocycles. The van der Waals surface area contributed by atoms with Gasteiger partial charge in [0.15, 0.2) is 0 Å². The van der Waals surface area contributed by atoms with Crippen LogP contribution in [0.5, 0.6) is 0 Å². The third-order valence-electron chi connectivity index (χ3n) is 4.59. The largest absolute Gasteiger partial charge is 0.350 e. The number of rotatable bonds is 4. The van der Waals surface area contributed by atoms with Gasteiger partial charge in [0.2, 0.25) is 0 Å². The van der Waals surface area contributed by atoms with Crippen LogP contribution in [-0.2, 0) is 6.42 Å². The first-order valence-corrected chi connectivity index (χ1v) is 9.00. The van der Waals surface area contributed by atoms with Crippen molar-refractivity contribution in [2.45, 2.75) is 34.1 Å². The van der Waals surface area contributed by atoms with E-state index in [1.807, 2.05) is 26.4 Å². The third kappa shape index (κ3) is 2.96. The molecule has 0 saturated carbocycles. The summed E-state index contributed by atoms with van der Waals surface area (Å²) < 4.78 is 0. The van der Waals surface area contributed by atoms with Crippen molar-refractivity contribution in [3.63, 3.8) is 0 Å². The molecule has 0 saturated heterocycles. The number of benzene rings is 1. The van der Waals surface area contributed by atoms with E-state index < -0.39 is 0 Å². The zero-order valence-electron chi connectivity index (χ0n) is 14.9. The number of nitrogens with zero attached hydrogens (tertiary/aromatic N) is 2. The number of nitrogens with one attached hydrogen (secondary N) is 1. The van der Waals surface area contributed by atoms with Gasteiger partial charge < -0.3 is 9.88 Å². The number of likely N-dealkylation sites (N-methyl/N-ethyl adjacent to an activating group) is 1. The molecule has 3 rings (SSSR count). The average molecular weight is 341 g/mol. The fourth-order valence-corrected chi connectivity index (χ4v) is 3.89. The Labute approximate surface area is 146 Å². The number of fused-ring (bicyclic) bond motifs is 1. The van der Waals surface area contributed by atoms with E-state index in [1.54, 1.807) is 16.2 Å². The highest BCUT2D eigenvalue weighted by Crippen LogP contribution is 2.26. The molecule has 0 aliphatic carbocycles. The van der Waals surface area contributed by atoms with E-state index in [0.29, 0.717) is 12.2 Å². The summed E-state index contributed by atoms with van der Waals surface area (Å²) >= 11 is 1.65. The molecule has 0 spiro atoms. The van der Waals surface area contributed by atoms with E-state index in [9.17, 15) is 4.79 Å². The number of aromatic amines is 1. The number of thiazole rings is 1. The van der Waals surface area contributed by atoms with Crippen molar-refractivity contribution >= 4 is 28.1 Å². The van der Waals surface area contributed by atoms with E-state index >= 15 is 0 Å². The van der Waals surface area contributed by atoms with Gasteiger partial charge in [-0.3, -0.25) is 4.79 Å². The number of aryl methyl sites for hydroxylation is 4. The Morgan fingerprint density at radius 1 is 1.25 bits per heavy atom. The Morgan fingerprint density at radius 2 is 2.00 bits per heavy atom. The summed E-state index contributed by atoms with van der Waals surface area (Å²) in [7, 11) is 1.86. The lowest BCUT2D eigenvalue weighted by Crippen LogP contribution is -2.29. The summed E-state index contributed by atoms with van der Waals surface area (Å²) in [4.78, 5) is 23.5. The normalized spacial score (nSPS) is 11.2. The molecule has 1 N–H and O–H groups in total. The van der Waals surface area contributed by atoms with Gasteiger partial charge in [0.05, 0.1) is 11.2 Å². The van der Waals surface area contributed by atoms with Gasteiger partial charge in [-0.05, 0) is 44.9 Å². The van der Waals surface area contributed by atoms with Gasteiger partial charge in [0.1, 0.15) is 5.69 Å². The number of amides is 1. The van der Waals surface area contributed by atoms with Gasteiger partial charge in [-0.1, -0.05) is 11.6 Å². The molecule has 0 unspecified atom stereocenters. The van der Waals surface area contributed by atoms with Crippen LogP contribution in [0.1, 0.15) is 37.7 Å². The summed E-state index contributed by atoms with van der Waals surface area (Å²) in [6.45, 7) is 8.89. The summed E-state index contributed by atoms with van der Waals surface area (Å²) in [5.74, 6) is 0.0444.